The molecular weight excluding hydrogens is 554 g/mol. The molecule has 0 N–H and O–H groups in total. The van der Waals surface area contributed by atoms with Gasteiger partial charge in [0.25, 0.3) is 11.1 Å². The minimum Gasteiger partial charge on any atom is -0.493 e. The Morgan fingerprint density at radius 2 is 1.58 bits per heavy atom. The highest BCUT2D eigenvalue weighted by atomic mass is 35.5. The first-order valence-corrected chi connectivity index (χ1v) is 13.7. The maximum absolute atomic E-state index is 12.9. The quantitative estimate of drug-likeness (QED) is 0.237. The Hall–Kier alpha value is -3.67. The van der Waals surface area contributed by atoms with Crippen LogP contribution in [-0.4, -0.2) is 51.8 Å². The molecule has 0 spiro atoms. The Labute approximate surface area is 229 Å². The van der Waals surface area contributed by atoms with E-state index in [0.29, 0.717) is 22.1 Å². The van der Waals surface area contributed by atoms with Crippen molar-refractivity contribution in [2.45, 2.75) is 4.90 Å². The number of halogens is 1. The Balaban J connectivity index is 1.45. The summed E-state index contributed by atoms with van der Waals surface area (Å²) in [5.41, 5.74) is 0.508. The zero-order chi connectivity index (χ0) is 27.3. The van der Waals surface area contributed by atoms with Gasteiger partial charge in [-0.3, -0.25) is 14.5 Å². The molecule has 1 heterocycles. The van der Waals surface area contributed by atoms with Gasteiger partial charge in [-0.2, -0.15) is 8.42 Å². The van der Waals surface area contributed by atoms with Crippen molar-refractivity contribution in [2.75, 3.05) is 27.4 Å². The van der Waals surface area contributed by atoms with E-state index in [4.69, 9.17) is 30.0 Å². The lowest BCUT2D eigenvalue weighted by molar-refractivity contribution is -0.123. The summed E-state index contributed by atoms with van der Waals surface area (Å²) in [6.45, 7) is 0.145. The topological polar surface area (TPSA) is 108 Å². The maximum Gasteiger partial charge on any atom is 0.339 e. The number of carbonyl (C=O) groups excluding carboxylic acids is 2. The van der Waals surface area contributed by atoms with Crippen LogP contribution in [0.2, 0.25) is 5.02 Å². The van der Waals surface area contributed by atoms with Crippen molar-refractivity contribution in [1.82, 2.24) is 4.90 Å². The molecule has 0 saturated carbocycles. The number of imide groups is 1. The number of methoxy groups -OCH3 is 2. The third kappa shape index (κ3) is 6.24. The molecule has 1 saturated heterocycles. The Morgan fingerprint density at radius 1 is 0.895 bits per heavy atom. The molecule has 2 amide bonds. The van der Waals surface area contributed by atoms with E-state index in [1.54, 1.807) is 30.3 Å². The first-order chi connectivity index (χ1) is 18.2. The number of amides is 2. The van der Waals surface area contributed by atoms with Gasteiger partial charge in [-0.25, -0.2) is 0 Å². The van der Waals surface area contributed by atoms with E-state index in [0.717, 1.165) is 16.7 Å². The van der Waals surface area contributed by atoms with Gasteiger partial charge in [-0.15, -0.1) is 0 Å². The lowest BCUT2D eigenvalue weighted by atomic mass is 10.2. The zero-order valence-corrected chi connectivity index (χ0v) is 22.6. The summed E-state index contributed by atoms with van der Waals surface area (Å²) in [4.78, 5) is 26.6. The van der Waals surface area contributed by atoms with Gasteiger partial charge in [-0.1, -0.05) is 29.8 Å². The number of hydrogen-bond acceptors (Lipinski definition) is 9. The van der Waals surface area contributed by atoms with Crippen LogP contribution in [0.15, 0.2) is 76.5 Å². The normalized spacial score (nSPS) is 14.6. The molecule has 3 aromatic rings. The van der Waals surface area contributed by atoms with Crippen LogP contribution in [0.4, 0.5) is 4.79 Å². The summed E-state index contributed by atoms with van der Waals surface area (Å²) in [6.07, 6.45) is 1.52. The van der Waals surface area contributed by atoms with Crippen LogP contribution in [0.5, 0.6) is 23.0 Å². The van der Waals surface area contributed by atoms with Gasteiger partial charge in [0.1, 0.15) is 11.5 Å². The van der Waals surface area contributed by atoms with E-state index in [1.807, 2.05) is 0 Å². The first-order valence-electron chi connectivity index (χ1n) is 11.1. The lowest BCUT2D eigenvalue weighted by Crippen LogP contribution is -2.32. The van der Waals surface area contributed by atoms with Gasteiger partial charge >= 0.3 is 10.1 Å². The monoisotopic (exact) mass is 575 g/mol. The number of rotatable bonds is 10. The highest BCUT2D eigenvalue weighted by Gasteiger charge is 2.35. The van der Waals surface area contributed by atoms with E-state index in [2.05, 4.69) is 0 Å². The van der Waals surface area contributed by atoms with Gasteiger partial charge in [0.15, 0.2) is 23.0 Å². The van der Waals surface area contributed by atoms with Crippen LogP contribution >= 0.6 is 23.4 Å². The SMILES string of the molecule is COc1ccccc1OCCN1C(=O)S/C(=C\c2ccc(OS(=O)(=O)c3ccc(Cl)cc3)c(OC)c2)C1=O. The molecule has 198 valence electrons. The molecule has 0 radical (unpaired) electrons. The smallest absolute Gasteiger partial charge is 0.339 e. The molecular formula is C26H22ClNO8S2. The summed E-state index contributed by atoms with van der Waals surface area (Å²) in [5, 5.41) is -0.0369. The van der Waals surface area contributed by atoms with Gasteiger partial charge in [0, 0.05) is 5.02 Å². The second-order valence-corrected chi connectivity index (χ2v) is 10.7. The summed E-state index contributed by atoms with van der Waals surface area (Å²) in [6, 6.07) is 17.1. The van der Waals surface area contributed by atoms with Crippen LogP contribution in [0.3, 0.4) is 0 Å². The molecule has 0 aromatic heterocycles. The maximum atomic E-state index is 12.9. The van der Waals surface area contributed by atoms with Crippen molar-refractivity contribution < 1.29 is 36.4 Å². The highest BCUT2D eigenvalue weighted by molar-refractivity contribution is 8.18. The molecule has 1 fully saturated rings. The predicted molar refractivity (Wildman–Crippen MR) is 143 cm³/mol. The van der Waals surface area contributed by atoms with Crippen LogP contribution in [0.25, 0.3) is 6.08 Å². The number of benzene rings is 3. The molecule has 0 aliphatic carbocycles. The summed E-state index contributed by atoms with van der Waals surface area (Å²) in [5.74, 6) is 0.670. The molecule has 1 aliphatic rings. The number of hydrogen-bond donors (Lipinski definition) is 0. The second-order valence-electron chi connectivity index (χ2n) is 7.73. The zero-order valence-electron chi connectivity index (χ0n) is 20.3. The Kier molecular flexibility index (Phi) is 8.50. The third-order valence-corrected chi connectivity index (χ3v) is 7.71. The average Bonchev–Trinajstić information content (AvgIpc) is 3.17. The van der Waals surface area contributed by atoms with Crippen LogP contribution < -0.4 is 18.4 Å². The summed E-state index contributed by atoms with van der Waals surface area (Å²) < 4.78 is 46.7. The molecule has 3 aromatic carbocycles. The van der Waals surface area contributed by atoms with Crippen molar-refractivity contribution in [1.29, 1.82) is 0 Å². The van der Waals surface area contributed by atoms with Crippen molar-refractivity contribution in [3.05, 3.63) is 82.2 Å². The molecule has 12 heteroatoms. The number of para-hydroxylation sites is 2. The second kappa shape index (κ2) is 11.8. The van der Waals surface area contributed by atoms with Crippen molar-refractivity contribution >= 4 is 50.7 Å². The minimum atomic E-state index is -4.14. The van der Waals surface area contributed by atoms with Crippen molar-refractivity contribution in [2.24, 2.45) is 0 Å². The average molecular weight is 576 g/mol. The number of ether oxygens (including phenoxy) is 3. The minimum absolute atomic E-state index is 0.0406. The van der Waals surface area contributed by atoms with E-state index in [1.165, 1.54) is 56.7 Å². The third-order valence-electron chi connectivity index (χ3n) is 5.30. The molecule has 0 bridgehead atoms. The predicted octanol–water partition coefficient (Wildman–Crippen LogP) is 5.24. The number of carbonyl (C=O) groups is 2. The number of thioether (sulfide) groups is 1. The fourth-order valence-electron chi connectivity index (χ4n) is 3.44. The summed E-state index contributed by atoms with van der Waals surface area (Å²) in [7, 11) is -1.26. The van der Waals surface area contributed by atoms with Gasteiger partial charge in [0.05, 0.1) is 25.7 Å². The van der Waals surface area contributed by atoms with Gasteiger partial charge < -0.3 is 18.4 Å². The first kappa shape index (κ1) is 27.4. The fourth-order valence-corrected chi connectivity index (χ4v) is 5.37. The number of nitrogens with zero attached hydrogens (tertiary/aromatic N) is 1. The summed E-state index contributed by atoms with van der Waals surface area (Å²) >= 11 is 6.62. The fraction of sp³-hybridized carbons (Fsp3) is 0.154. The molecule has 0 unspecified atom stereocenters. The molecule has 9 nitrogen and oxygen atoms in total. The molecule has 38 heavy (non-hydrogen) atoms. The molecule has 4 rings (SSSR count). The molecule has 1 aliphatic heterocycles. The van der Waals surface area contributed by atoms with Crippen LogP contribution in [-0.2, 0) is 14.9 Å². The molecule has 0 atom stereocenters. The Morgan fingerprint density at radius 3 is 2.26 bits per heavy atom. The largest absolute Gasteiger partial charge is 0.493 e. The van der Waals surface area contributed by atoms with Crippen molar-refractivity contribution in [3.63, 3.8) is 0 Å². The van der Waals surface area contributed by atoms with Gasteiger partial charge in [0.2, 0.25) is 0 Å². The van der Waals surface area contributed by atoms with E-state index < -0.39 is 21.3 Å². The van der Waals surface area contributed by atoms with Crippen LogP contribution in [0.1, 0.15) is 5.56 Å². The van der Waals surface area contributed by atoms with Crippen LogP contribution in [0, 0.1) is 0 Å². The van der Waals surface area contributed by atoms with Gasteiger partial charge in [-0.05, 0) is 71.9 Å². The van der Waals surface area contributed by atoms with Crippen molar-refractivity contribution in [3.8, 4) is 23.0 Å². The Bertz CT molecular complexity index is 1490. The highest BCUT2D eigenvalue weighted by Crippen LogP contribution is 2.35. The van der Waals surface area contributed by atoms with E-state index >= 15 is 0 Å². The van der Waals surface area contributed by atoms with E-state index in [-0.39, 0.29) is 34.5 Å². The standard InChI is InChI=1S/C26H22ClNO8S2/c1-33-20-5-3-4-6-21(20)35-14-13-28-25(29)24(37-26(28)30)16-17-7-12-22(23(15-17)34-2)36-38(31,32)19-10-8-18(27)9-11-19/h3-12,15-16H,13-14H2,1-2H3/b24-16-. The lowest BCUT2D eigenvalue weighted by Gasteiger charge is -2.14. The van der Waals surface area contributed by atoms with E-state index in [9.17, 15) is 18.0 Å².